The van der Waals surface area contributed by atoms with Crippen LogP contribution in [0.15, 0.2) is 109 Å². The van der Waals surface area contributed by atoms with E-state index in [1.165, 1.54) is 77.1 Å². The Morgan fingerprint density at radius 1 is 0.540 bits per heavy atom. The van der Waals surface area contributed by atoms with Crippen LogP contribution in [0, 0.1) is 21.4 Å². The van der Waals surface area contributed by atoms with Gasteiger partial charge in [0.15, 0.2) is 0 Å². The number of fused-ring (bicyclic) bond motifs is 12. The number of aliphatic hydroxyl groups is 1. The van der Waals surface area contributed by atoms with Crippen molar-refractivity contribution in [1.29, 1.82) is 0 Å². The van der Waals surface area contributed by atoms with Crippen molar-refractivity contribution in [2.75, 3.05) is 13.2 Å². The molecular formula is C52H48I6O5. The molecule has 63 heavy (non-hydrogen) atoms. The zero-order chi connectivity index (χ0) is 44.8. The monoisotopic (exact) mass is 1510 g/mol. The van der Waals surface area contributed by atoms with Crippen molar-refractivity contribution < 1.29 is 24.1 Å². The highest BCUT2D eigenvalue weighted by molar-refractivity contribution is 14.1. The molecule has 1 saturated heterocycles. The molecule has 0 saturated carbocycles. The van der Waals surface area contributed by atoms with Gasteiger partial charge in [0.05, 0.1) is 6.10 Å². The first-order valence-electron chi connectivity index (χ1n) is 21.2. The lowest BCUT2D eigenvalue weighted by molar-refractivity contribution is -0.149. The largest absolute Gasteiger partial charge is 0.457 e. The average Bonchev–Trinajstić information content (AvgIpc) is 4.07. The second-order valence-corrected chi connectivity index (χ2v) is 23.1. The van der Waals surface area contributed by atoms with Gasteiger partial charge in [-0.05, 0) is 290 Å². The van der Waals surface area contributed by atoms with Crippen molar-refractivity contribution in [2.24, 2.45) is 0 Å². The van der Waals surface area contributed by atoms with Crippen molar-refractivity contribution >= 4 is 142 Å². The van der Waals surface area contributed by atoms with E-state index < -0.39 is 0 Å². The van der Waals surface area contributed by atoms with Gasteiger partial charge in [0.2, 0.25) is 0 Å². The molecule has 5 nitrogen and oxygen atoms in total. The van der Waals surface area contributed by atoms with Crippen LogP contribution in [0.3, 0.4) is 0 Å². The van der Waals surface area contributed by atoms with Crippen molar-refractivity contribution in [3.05, 3.63) is 164 Å². The van der Waals surface area contributed by atoms with Gasteiger partial charge in [0.1, 0.15) is 18.3 Å². The number of hydrogen-bond acceptors (Lipinski definition) is 5. The Balaban J connectivity index is 0.000000137. The van der Waals surface area contributed by atoms with E-state index in [0.717, 1.165) is 56.4 Å². The fraction of sp³-hybridized carbons (Fsp3) is 0.288. The second kappa shape index (κ2) is 23.4. The number of hydrogen-bond donors (Lipinski definition) is 1. The Morgan fingerprint density at radius 2 is 0.937 bits per heavy atom. The predicted molar refractivity (Wildman–Crippen MR) is 306 cm³/mol. The third-order valence-corrected chi connectivity index (χ3v) is 15.4. The van der Waals surface area contributed by atoms with Crippen LogP contribution < -0.4 is 0 Å². The van der Waals surface area contributed by atoms with Crippen molar-refractivity contribution in [3.63, 3.8) is 0 Å². The van der Waals surface area contributed by atoms with Gasteiger partial charge < -0.3 is 19.3 Å². The van der Waals surface area contributed by atoms with Crippen LogP contribution in [-0.4, -0.2) is 24.3 Å². The summed E-state index contributed by atoms with van der Waals surface area (Å²) in [4.78, 5) is 12.2. The minimum Gasteiger partial charge on any atom is -0.457 e. The van der Waals surface area contributed by atoms with E-state index in [1.54, 1.807) is 0 Å². The molecule has 4 aliphatic rings. The first-order valence-corrected chi connectivity index (χ1v) is 27.7. The number of unbranched alkanes of at least 4 members (excludes halogenated alkanes) is 2. The highest BCUT2D eigenvalue weighted by Gasteiger charge is 2.47. The number of ether oxygens (including phenoxy) is 3. The van der Waals surface area contributed by atoms with Crippen molar-refractivity contribution in [3.8, 4) is 33.4 Å². The average molecular weight is 1510 g/mol. The van der Waals surface area contributed by atoms with Gasteiger partial charge in [-0.15, -0.1) is 0 Å². The van der Waals surface area contributed by atoms with Gasteiger partial charge >= 0.3 is 5.97 Å². The number of benzene rings is 6. The molecule has 0 aromatic heterocycles. The molecule has 1 N–H and O–H groups in total. The topological polar surface area (TPSA) is 68.3 Å². The summed E-state index contributed by atoms with van der Waals surface area (Å²) in [6, 6.07) is 39.0. The fourth-order valence-electron chi connectivity index (χ4n) is 8.38. The molecule has 11 heteroatoms. The number of carbonyl (C=O) groups excluding carboxylic acids is 1. The van der Waals surface area contributed by atoms with Gasteiger partial charge in [0.25, 0.3) is 0 Å². The van der Waals surface area contributed by atoms with Crippen LogP contribution >= 0.6 is 136 Å². The molecule has 4 unspecified atom stereocenters. The molecule has 6 aromatic carbocycles. The lowest BCUT2D eigenvalue weighted by atomic mass is 9.84. The first-order chi connectivity index (χ1) is 30.4. The second-order valence-electron chi connectivity index (χ2n) is 15.6. The third-order valence-electron chi connectivity index (χ3n) is 11.4. The molecule has 0 spiro atoms. The standard InChI is InChI=1S/C20H20I2O2.C14H8I2O.C14H10I2O.C4H10O/c1-2-3-4-5-20(23)24-19-11-13-10-14(21)6-8-16(13)17-9-7-15(22)12-18(17)19;15-7-1-3-9-10-4-2-8(16)6-12(10)14-13(17-14)11(9)5-7;15-9-1-3-11-8(5-9)6-14(17)13-7-10(16)2-4-12(11)13;1-3-5-4-2/h6-10,12,19H,2-5,11H2,1H3;1-6,13-14H;1-5,7,14,17H,6H2;3-4H2,1-2H3. The molecule has 4 atom stereocenters. The smallest absolute Gasteiger partial charge is 0.306 e. The minimum absolute atomic E-state index is 0.0765. The summed E-state index contributed by atoms with van der Waals surface area (Å²) in [5.41, 5.74) is 15.0. The Bertz CT molecular complexity index is 2480. The quantitative estimate of drug-likeness (QED) is 0.0747. The molecule has 1 fully saturated rings. The summed E-state index contributed by atoms with van der Waals surface area (Å²) in [6.45, 7) is 7.81. The molecule has 6 aromatic rings. The molecule has 328 valence electrons. The molecule has 1 aliphatic heterocycles. The van der Waals surface area contributed by atoms with E-state index in [-0.39, 0.29) is 18.2 Å². The molecule has 0 radical (unpaired) electrons. The van der Waals surface area contributed by atoms with Crippen LogP contribution in [-0.2, 0) is 31.8 Å². The van der Waals surface area contributed by atoms with Crippen molar-refractivity contribution in [1.82, 2.24) is 0 Å². The van der Waals surface area contributed by atoms with Gasteiger partial charge in [-0.1, -0.05) is 56.2 Å². The number of carbonyl (C=O) groups is 1. The van der Waals surface area contributed by atoms with E-state index in [9.17, 15) is 9.90 Å². The Labute approximate surface area is 453 Å². The lowest BCUT2D eigenvalue weighted by Crippen LogP contribution is -2.18. The third kappa shape index (κ3) is 12.6. The molecule has 3 aliphatic carbocycles. The minimum atomic E-state index is -0.370. The van der Waals surface area contributed by atoms with Crippen LogP contribution in [0.1, 0.15) is 104 Å². The number of epoxide rings is 1. The van der Waals surface area contributed by atoms with Crippen LogP contribution in [0.25, 0.3) is 33.4 Å². The molecule has 0 amide bonds. The highest BCUT2D eigenvalue weighted by Crippen LogP contribution is 2.59. The Kier molecular flexibility index (Phi) is 18.5. The Morgan fingerprint density at radius 3 is 1.40 bits per heavy atom. The number of aliphatic hydroxyl groups excluding tert-OH is 1. The summed E-state index contributed by atoms with van der Waals surface area (Å²) >= 11 is 14.0. The van der Waals surface area contributed by atoms with Crippen LogP contribution in [0.5, 0.6) is 0 Å². The summed E-state index contributed by atoms with van der Waals surface area (Å²) in [5, 5.41) is 10.2. The summed E-state index contributed by atoms with van der Waals surface area (Å²) in [7, 11) is 0. The number of halogens is 6. The number of esters is 1. The van der Waals surface area contributed by atoms with E-state index in [0.29, 0.717) is 18.6 Å². The maximum Gasteiger partial charge on any atom is 0.306 e. The zero-order valence-corrected chi connectivity index (χ0v) is 48.2. The van der Waals surface area contributed by atoms with E-state index in [2.05, 4.69) is 252 Å². The van der Waals surface area contributed by atoms with Gasteiger partial charge in [-0.25, -0.2) is 0 Å². The predicted octanol–water partition coefficient (Wildman–Crippen LogP) is 16.2. The Hall–Kier alpha value is -0.950. The summed E-state index contributed by atoms with van der Waals surface area (Å²) < 4.78 is 23.9. The maximum absolute atomic E-state index is 12.2. The summed E-state index contributed by atoms with van der Waals surface area (Å²) in [5.74, 6) is -0.0765. The number of rotatable bonds is 7. The summed E-state index contributed by atoms with van der Waals surface area (Å²) in [6.07, 6.45) is 5.16. The highest BCUT2D eigenvalue weighted by atomic mass is 127. The van der Waals surface area contributed by atoms with E-state index in [4.69, 9.17) is 14.2 Å². The zero-order valence-electron chi connectivity index (χ0n) is 35.2. The normalized spacial score (nSPS) is 17.7. The van der Waals surface area contributed by atoms with E-state index >= 15 is 0 Å². The SMILES string of the molecule is CCCCCC(=O)OC1Cc2cc(I)ccc2-c2ccc(I)cc21.CCOCC.Ic1ccc2c(c1)C1OC1c1cc(I)ccc1-2.OC1Cc2cc(I)ccc2-c2ccc(I)cc21. The van der Waals surface area contributed by atoms with Crippen LogP contribution in [0.2, 0.25) is 0 Å². The molecule has 10 rings (SSSR count). The first kappa shape index (κ1) is 49.9. The van der Waals surface area contributed by atoms with Crippen LogP contribution in [0.4, 0.5) is 0 Å². The lowest BCUT2D eigenvalue weighted by Gasteiger charge is -2.28. The van der Waals surface area contributed by atoms with Gasteiger partial charge in [-0.3, -0.25) is 4.79 Å². The van der Waals surface area contributed by atoms with Crippen molar-refractivity contribution in [2.45, 2.75) is 83.7 Å². The van der Waals surface area contributed by atoms with Gasteiger partial charge in [0, 0.05) is 59.5 Å². The molecule has 1 heterocycles. The fourth-order valence-corrected chi connectivity index (χ4v) is 11.5. The molecule has 0 bridgehead atoms. The van der Waals surface area contributed by atoms with Gasteiger partial charge in [-0.2, -0.15) is 0 Å². The van der Waals surface area contributed by atoms with E-state index in [1.807, 2.05) is 13.8 Å². The maximum atomic E-state index is 12.2. The molecular weight excluding hydrogens is 1470 g/mol.